The predicted octanol–water partition coefficient (Wildman–Crippen LogP) is 0.505. The molecule has 0 unspecified atom stereocenters. The van der Waals surface area contributed by atoms with Crippen LogP contribution < -0.4 is 10.5 Å². The van der Waals surface area contributed by atoms with Gasteiger partial charge in [0.15, 0.2) is 0 Å². The molecule has 3 N–H and O–H groups in total. The number of hydrogen-bond acceptors (Lipinski definition) is 5. The van der Waals surface area contributed by atoms with E-state index < -0.39 is 10.0 Å². The third-order valence-corrected chi connectivity index (χ3v) is 5.00. The lowest BCUT2D eigenvalue weighted by molar-refractivity contribution is 0.575. The number of imidazole rings is 1. The molecular formula is C9H12N4O2S2. The first kappa shape index (κ1) is 12.1. The molecule has 0 saturated heterocycles. The second kappa shape index (κ2) is 4.86. The molecule has 17 heavy (non-hydrogen) atoms. The maximum atomic E-state index is 11.8. The Hall–Kier alpha value is -1.38. The molecular weight excluding hydrogens is 260 g/mol. The number of nitrogens with two attached hydrogens (primary N) is 1. The summed E-state index contributed by atoms with van der Waals surface area (Å²) in [4.78, 5) is 3.87. The van der Waals surface area contributed by atoms with Crippen molar-refractivity contribution in [3.63, 3.8) is 0 Å². The van der Waals surface area contributed by atoms with Crippen LogP contribution in [0.4, 0.5) is 5.69 Å². The second-order valence-corrected chi connectivity index (χ2v) is 6.30. The van der Waals surface area contributed by atoms with Gasteiger partial charge in [-0.25, -0.2) is 18.1 Å². The highest BCUT2D eigenvalue weighted by atomic mass is 32.2. The zero-order valence-corrected chi connectivity index (χ0v) is 10.5. The second-order valence-electron chi connectivity index (χ2n) is 3.40. The molecule has 0 spiro atoms. The highest BCUT2D eigenvalue weighted by Crippen LogP contribution is 2.20. The molecule has 6 nitrogen and oxygen atoms in total. The molecule has 0 fully saturated rings. The Balaban J connectivity index is 1.94. The molecule has 0 amide bonds. The third-order valence-electron chi connectivity index (χ3n) is 2.08. The van der Waals surface area contributed by atoms with Crippen LogP contribution in [0.25, 0.3) is 0 Å². The molecule has 0 aromatic carbocycles. The smallest absolute Gasteiger partial charge is 0.250 e. The minimum atomic E-state index is -3.44. The predicted molar refractivity (Wildman–Crippen MR) is 66.1 cm³/mol. The van der Waals surface area contributed by atoms with E-state index in [0.717, 1.165) is 11.3 Å². The lowest BCUT2D eigenvalue weighted by atomic mass is 10.6. The zero-order valence-electron chi connectivity index (χ0n) is 8.91. The van der Waals surface area contributed by atoms with Crippen LogP contribution >= 0.6 is 11.3 Å². The minimum Gasteiger partial charge on any atom is -0.398 e. The Morgan fingerprint density at radius 2 is 2.35 bits per heavy atom. The largest absolute Gasteiger partial charge is 0.398 e. The number of thiophene rings is 1. The first-order valence-electron chi connectivity index (χ1n) is 4.87. The summed E-state index contributed by atoms with van der Waals surface area (Å²) in [6, 6.07) is 1.45. The average molecular weight is 272 g/mol. The summed E-state index contributed by atoms with van der Waals surface area (Å²) in [6.45, 7) is 0.858. The van der Waals surface area contributed by atoms with Gasteiger partial charge in [0.2, 0.25) is 10.0 Å². The van der Waals surface area contributed by atoms with Gasteiger partial charge in [0.25, 0.3) is 0 Å². The van der Waals surface area contributed by atoms with E-state index in [2.05, 4.69) is 9.71 Å². The zero-order chi connectivity index (χ0) is 12.3. The van der Waals surface area contributed by atoms with Crippen molar-refractivity contribution >= 4 is 27.0 Å². The van der Waals surface area contributed by atoms with Crippen molar-refractivity contribution in [3.05, 3.63) is 30.2 Å². The van der Waals surface area contributed by atoms with Crippen molar-refractivity contribution in [3.8, 4) is 0 Å². The Bertz CT molecular complexity index is 574. The van der Waals surface area contributed by atoms with Crippen LogP contribution in [0.3, 0.4) is 0 Å². The summed E-state index contributed by atoms with van der Waals surface area (Å²) >= 11 is 1.11. The molecule has 2 heterocycles. The van der Waals surface area contributed by atoms with E-state index in [1.165, 1.54) is 6.07 Å². The van der Waals surface area contributed by atoms with Crippen molar-refractivity contribution in [1.82, 2.24) is 14.3 Å². The van der Waals surface area contributed by atoms with Crippen LogP contribution in [0.15, 0.2) is 34.4 Å². The van der Waals surface area contributed by atoms with Gasteiger partial charge < -0.3 is 10.3 Å². The van der Waals surface area contributed by atoms with Crippen LogP contribution in [0.5, 0.6) is 0 Å². The fourth-order valence-electron chi connectivity index (χ4n) is 1.27. The summed E-state index contributed by atoms with van der Waals surface area (Å²) in [7, 11) is -3.44. The molecule has 0 radical (unpaired) electrons. The standard InChI is InChI=1S/C9H12N4O2S2/c10-8-5-9(16-6-8)17(14,15)12-2-4-13-3-1-11-7-13/h1,3,5-7,12H,2,4,10H2. The lowest BCUT2D eigenvalue weighted by Gasteiger charge is -2.04. The number of nitrogen functional groups attached to an aromatic ring is 1. The Labute approximate surface area is 103 Å². The third kappa shape index (κ3) is 3.05. The minimum absolute atomic E-state index is 0.237. The number of anilines is 1. The average Bonchev–Trinajstić information content (AvgIpc) is 2.89. The van der Waals surface area contributed by atoms with Gasteiger partial charge in [-0.05, 0) is 6.07 Å². The van der Waals surface area contributed by atoms with Gasteiger partial charge in [0.05, 0.1) is 6.33 Å². The van der Waals surface area contributed by atoms with E-state index in [1.807, 2.05) is 0 Å². The van der Waals surface area contributed by atoms with E-state index in [9.17, 15) is 8.42 Å². The van der Waals surface area contributed by atoms with Crippen molar-refractivity contribution in [2.75, 3.05) is 12.3 Å². The Morgan fingerprint density at radius 3 is 2.94 bits per heavy atom. The van der Waals surface area contributed by atoms with Gasteiger partial charge in [0.1, 0.15) is 4.21 Å². The SMILES string of the molecule is Nc1csc(S(=O)(=O)NCCn2ccnc2)c1. The molecule has 2 aromatic rings. The first-order chi connectivity index (χ1) is 8.08. The maximum absolute atomic E-state index is 11.8. The summed E-state index contributed by atoms with van der Waals surface area (Å²) in [5.74, 6) is 0. The van der Waals surface area contributed by atoms with Crippen LogP contribution in [0.2, 0.25) is 0 Å². The van der Waals surface area contributed by atoms with E-state index in [-0.39, 0.29) is 4.21 Å². The fraction of sp³-hybridized carbons (Fsp3) is 0.222. The molecule has 2 aromatic heterocycles. The number of sulfonamides is 1. The summed E-state index contributed by atoms with van der Waals surface area (Å²) < 4.78 is 28.1. The number of nitrogens with one attached hydrogen (secondary N) is 1. The van der Waals surface area contributed by atoms with E-state index in [1.54, 1.807) is 28.7 Å². The summed E-state index contributed by atoms with van der Waals surface area (Å²) in [6.07, 6.45) is 5.06. The van der Waals surface area contributed by atoms with Gasteiger partial charge >= 0.3 is 0 Å². The number of rotatable bonds is 5. The van der Waals surface area contributed by atoms with Crippen molar-refractivity contribution in [2.24, 2.45) is 0 Å². The molecule has 2 rings (SSSR count). The van der Waals surface area contributed by atoms with Gasteiger partial charge in [-0.2, -0.15) is 0 Å². The summed E-state index contributed by atoms with van der Waals surface area (Å²) in [5, 5.41) is 1.60. The molecule has 0 atom stereocenters. The van der Waals surface area contributed by atoms with E-state index in [0.29, 0.717) is 18.8 Å². The van der Waals surface area contributed by atoms with Crippen molar-refractivity contribution in [1.29, 1.82) is 0 Å². The topological polar surface area (TPSA) is 90.0 Å². The molecule has 0 aliphatic heterocycles. The van der Waals surface area contributed by atoms with Crippen LogP contribution in [0, 0.1) is 0 Å². The van der Waals surface area contributed by atoms with Crippen LogP contribution in [0.1, 0.15) is 0 Å². The van der Waals surface area contributed by atoms with Gasteiger partial charge in [-0.15, -0.1) is 11.3 Å². The highest BCUT2D eigenvalue weighted by Gasteiger charge is 2.15. The molecule has 0 aliphatic carbocycles. The van der Waals surface area contributed by atoms with Crippen LogP contribution in [-0.4, -0.2) is 24.5 Å². The van der Waals surface area contributed by atoms with Crippen molar-refractivity contribution < 1.29 is 8.42 Å². The maximum Gasteiger partial charge on any atom is 0.250 e. The number of hydrogen-bond donors (Lipinski definition) is 2. The van der Waals surface area contributed by atoms with Gasteiger partial charge in [0, 0.05) is 36.6 Å². The summed E-state index contributed by atoms with van der Waals surface area (Å²) in [5.41, 5.74) is 5.95. The van der Waals surface area contributed by atoms with E-state index >= 15 is 0 Å². The molecule has 0 saturated carbocycles. The van der Waals surface area contributed by atoms with E-state index in [4.69, 9.17) is 5.73 Å². The molecule has 92 valence electrons. The lowest BCUT2D eigenvalue weighted by Crippen LogP contribution is -2.26. The number of aromatic nitrogens is 2. The van der Waals surface area contributed by atoms with Gasteiger partial charge in [-0.1, -0.05) is 0 Å². The van der Waals surface area contributed by atoms with Crippen molar-refractivity contribution in [2.45, 2.75) is 10.8 Å². The molecule has 0 bridgehead atoms. The Morgan fingerprint density at radius 1 is 1.53 bits per heavy atom. The Kier molecular flexibility index (Phi) is 3.46. The molecule has 0 aliphatic rings. The molecule has 8 heteroatoms. The fourth-order valence-corrected chi connectivity index (χ4v) is 3.42. The highest BCUT2D eigenvalue weighted by molar-refractivity contribution is 7.91. The normalized spacial score (nSPS) is 11.8. The first-order valence-corrected chi connectivity index (χ1v) is 7.23. The number of nitrogens with zero attached hydrogens (tertiary/aromatic N) is 2. The quantitative estimate of drug-likeness (QED) is 0.829. The van der Waals surface area contributed by atoms with Crippen LogP contribution in [-0.2, 0) is 16.6 Å². The van der Waals surface area contributed by atoms with Gasteiger partial charge in [-0.3, -0.25) is 0 Å². The monoisotopic (exact) mass is 272 g/mol.